The predicted molar refractivity (Wildman–Crippen MR) is 125 cm³/mol. The molecule has 1 N–H and O–H groups in total. The van der Waals surface area contributed by atoms with Crippen molar-refractivity contribution in [3.63, 3.8) is 0 Å². The molecule has 0 amide bonds. The summed E-state index contributed by atoms with van der Waals surface area (Å²) in [5.41, 5.74) is 1.65. The van der Waals surface area contributed by atoms with Crippen LogP contribution in [0.5, 0.6) is 0 Å². The average molecular weight is 526 g/mol. The fraction of sp³-hybridized carbons (Fsp3) is 0.125. The Hall–Kier alpha value is -3.14. The summed E-state index contributed by atoms with van der Waals surface area (Å²) in [4.78, 5) is 12.8. The second-order valence-corrected chi connectivity index (χ2v) is 10.3. The number of aromatic nitrogens is 3. The molecule has 0 radical (unpaired) electrons. The number of hydrogen-bond donors (Lipinski definition) is 1. The van der Waals surface area contributed by atoms with Gasteiger partial charge in [-0.15, -0.1) is 5.10 Å². The van der Waals surface area contributed by atoms with Gasteiger partial charge in [0.05, 0.1) is 21.6 Å². The maximum absolute atomic E-state index is 12.7. The van der Waals surface area contributed by atoms with E-state index in [2.05, 4.69) is 26.2 Å². The topological polar surface area (TPSA) is 102 Å². The second kappa shape index (κ2) is 9.78. The van der Waals surface area contributed by atoms with Crippen LogP contribution in [-0.2, 0) is 22.8 Å². The molecule has 7 nitrogen and oxygen atoms in total. The van der Waals surface area contributed by atoms with Crippen LogP contribution in [0.4, 0.5) is 0 Å². The summed E-state index contributed by atoms with van der Waals surface area (Å²) in [5, 5.41) is 18.6. The lowest BCUT2D eigenvalue weighted by Crippen LogP contribution is -2.11. The van der Waals surface area contributed by atoms with Gasteiger partial charge in [0.1, 0.15) is 6.54 Å². The first kappa shape index (κ1) is 23.0. The number of rotatable bonds is 8. The van der Waals surface area contributed by atoms with E-state index in [0.717, 1.165) is 4.47 Å². The molecule has 1 atom stereocenters. The zero-order valence-electron chi connectivity index (χ0n) is 17.4. The van der Waals surface area contributed by atoms with Crippen LogP contribution in [0.1, 0.15) is 27.7 Å². The lowest BCUT2D eigenvalue weighted by Gasteiger charge is -2.10. The minimum absolute atomic E-state index is 0.0385. The number of Topliss-reactive ketones (excluding diaryl/α,β-unsaturated/α-hetero) is 1. The fourth-order valence-electron chi connectivity index (χ4n) is 3.30. The molecule has 3 aromatic carbocycles. The van der Waals surface area contributed by atoms with E-state index in [1.54, 1.807) is 72.9 Å². The highest BCUT2D eigenvalue weighted by Crippen LogP contribution is 2.24. The van der Waals surface area contributed by atoms with E-state index in [0.29, 0.717) is 16.8 Å². The third kappa shape index (κ3) is 5.44. The Morgan fingerprint density at radius 2 is 1.58 bits per heavy atom. The molecule has 4 rings (SSSR count). The third-order valence-corrected chi connectivity index (χ3v) is 7.40. The van der Waals surface area contributed by atoms with Gasteiger partial charge in [0.2, 0.25) is 9.84 Å². The summed E-state index contributed by atoms with van der Waals surface area (Å²) in [5.74, 6) is -0.102. The summed E-state index contributed by atoms with van der Waals surface area (Å²) in [7, 11) is -3.62. The first-order valence-electron chi connectivity index (χ1n) is 10.1. The Bertz CT molecular complexity index is 1350. The monoisotopic (exact) mass is 525 g/mol. The number of sulfone groups is 1. The highest BCUT2D eigenvalue weighted by atomic mass is 79.9. The number of ketones is 1. The molecule has 0 bridgehead atoms. The molecule has 33 heavy (non-hydrogen) atoms. The summed E-state index contributed by atoms with van der Waals surface area (Å²) in [6, 6.07) is 21.4. The zero-order valence-corrected chi connectivity index (χ0v) is 19.8. The van der Waals surface area contributed by atoms with E-state index < -0.39 is 15.9 Å². The molecule has 4 aromatic rings. The van der Waals surface area contributed by atoms with E-state index in [4.69, 9.17) is 0 Å². The van der Waals surface area contributed by atoms with Crippen molar-refractivity contribution >= 4 is 31.6 Å². The van der Waals surface area contributed by atoms with Crippen molar-refractivity contribution in [3.8, 4) is 0 Å². The quantitative estimate of drug-likeness (QED) is 0.348. The first-order valence-corrected chi connectivity index (χ1v) is 12.4. The van der Waals surface area contributed by atoms with Gasteiger partial charge in [-0.2, -0.15) is 0 Å². The Balaban J connectivity index is 1.41. The number of hydrogen-bond acceptors (Lipinski definition) is 6. The van der Waals surface area contributed by atoms with Crippen LogP contribution in [0, 0.1) is 0 Å². The standard InChI is InChI=1S/C24H20BrN3O4S/c25-19-10-6-18(7-11-19)24(30)16-28-15-20(26-27-28)14-23(29)17-8-12-22(13-9-17)33(31,32)21-4-2-1-3-5-21/h1-13,15,23,29H,14,16H2. The normalized spacial score (nSPS) is 12.4. The minimum Gasteiger partial charge on any atom is -0.388 e. The molecule has 0 spiro atoms. The minimum atomic E-state index is -3.62. The number of aliphatic hydroxyl groups excluding tert-OH is 1. The van der Waals surface area contributed by atoms with E-state index in [1.165, 1.54) is 16.8 Å². The lowest BCUT2D eigenvalue weighted by molar-refractivity contribution is 0.0967. The molecule has 0 fully saturated rings. The molecule has 1 unspecified atom stereocenters. The number of nitrogens with zero attached hydrogens (tertiary/aromatic N) is 3. The molecule has 0 aliphatic carbocycles. The summed E-state index contributed by atoms with van der Waals surface area (Å²) < 4.78 is 27.7. The van der Waals surface area contributed by atoms with Gasteiger partial charge in [0, 0.05) is 22.7 Å². The highest BCUT2D eigenvalue weighted by Gasteiger charge is 2.18. The lowest BCUT2D eigenvalue weighted by atomic mass is 10.1. The number of carbonyl (C=O) groups is 1. The van der Waals surface area contributed by atoms with Crippen LogP contribution in [0.3, 0.4) is 0 Å². The Kier molecular flexibility index (Phi) is 6.83. The molecule has 0 aliphatic heterocycles. The predicted octanol–water partition coefficient (Wildman–Crippen LogP) is 4.03. The zero-order chi connectivity index (χ0) is 23.4. The molecular formula is C24H20BrN3O4S. The Morgan fingerprint density at radius 3 is 2.24 bits per heavy atom. The molecule has 0 saturated heterocycles. The van der Waals surface area contributed by atoms with Crippen molar-refractivity contribution in [3.05, 3.63) is 106 Å². The van der Waals surface area contributed by atoms with E-state index in [9.17, 15) is 18.3 Å². The number of benzene rings is 3. The maximum atomic E-state index is 12.7. The number of aliphatic hydroxyl groups is 1. The molecule has 0 saturated carbocycles. The third-order valence-electron chi connectivity index (χ3n) is 5.09. The van der Waals surface area contributed by atoms with Gasteiger partial charge < -0.3 is 5.11 Å². The van der Waals surface area contributed by atoms with Gasteiger partial charge >= 0.3 is 0 Å². The molecule has 9 heteroatoms. The maximum Gasteiger partial charge on any atom is 0.206 e. The van der Waals surface area contributed by atoms with Crippen LogP contribution < -0.4 is 0 Å². The van der Waals surface area contributed by atoms with Crippen molar-refractivity contribution in [1.29, 1.82) is 0 Å². The largest absolute Gasteiger partial charge is 0.388 e. The van der Waals surface area contributed by atoms with Crippen LogP contribution >= 0.6 is 15.9 Å². The SMILES string of the molecule is O=C(Cn1cc(CC(O)c2ccc(S(=O)(=O)c3ccccc3)cc2)nn1)c1ccc(Br)cc1. The van der Waals surface area contributed by atoms with Gasteiger partial charge in [0.15, 0.2) is 5.78 Å². The van der Waals surface area contributed by atoms with Crippen molar-refractivity contribution in [2.24, 2.45) is 0 Å². The van der Waals surface area contributed by atoms with Gasteiger partial charge in [-0.25, -0.2) is 13.1 Å². The molecular weight excluding hydrogens is 506 g/mol. The molecule has 1 heterocycles. The van der Waals surface area contributed by atoms with Gasteiger partial charge in [-0.05, 0) is 42.0 Å². The average Bonchev–Trinajstić information content (AvgIpc) is 3.26. The fourth-order valence-corrected chi connectivity index (χ4v) is 4.85. The van der Waals surface area contributed by atoms with E-state index >= 15 is 0 Å². The van der Waals surface area contributed by atoms with E-state index in [1.807, 2.05) is 0 Å². The van der Waals surface area contributed by atoms with Crippen LogP contribution in [0.15, 0.2) is 99.3 Å². The van der Waals surface area contributed by atoms with E-state index in [-0.39, 0.29) is 28.5 Å². The summed E-state index contributed by atoms with van der Waals surface area (Å²) >= 11 is 3.34. The summed E-state index contributed by atoms with van der Waals surface area (Å²) in [6.45, 7) is 0.0385. The Labute approximate surface area is 199 Å². The van der Waals surface area contributed by atoms with Crippen molar-refractivity contribution in [2.45, 2.75) is 28.9 Å². The molecule has 168 valence electrons. The highest BCUT2D eigenvalue weighted by molar-refractivity contribution is 9.10. The molecule has 1 aromatic heterocycles. The van der Waals surface area contributed by atoms with Crippen molar-refractivity contribution in [2.75, 3.05) is 0 Å². The summed E-state index contributed by atoms with van der Waals surface area (Å²) in [6.07, 6.45) is 0.900. The van der Waals surface area contributed by atoms with Gasteiger partial charge in [-0.3, -0.25) is 4.79 Å². The molecule has 0 aliphatic rings. The van der Waals surface area contributed by atoms with Crippen LogP contribution in [0.2, 0.25) is 0 Å². The van der Waals surface area contributed by atoms with Gasteiger partial charge in [-0.1, -0.05) is 63.6 Å². The first-order chi connectivity index (χ1) is 15.8. The second-order valence-electron chi connectivity index (χ2n) is 7.44. The van der Waals surface area contributed by atoms with Crippen LogP contribution in [0.25, 0.3) is 0 Å². The smallest absolute Gasteiger partial charge is 0.206 e. The Morgan fingerprint density at radius 1 is 0.939 bits per heavy atom. The number of halogens is 1. The van der Waals surface area contributed by atoms with Crippen LogP contribution in [-0.4, -0.2) is 34.3 Å². The number of carbonyl (C=O) groups excluding carboxylic acids is 1. The van der Waals surface area contributed by atoms with Crippen molar-refractivity contribution in [1.82, 2.24) is 15.0 Å². The van der Waals surface area contributed by atoms with Gasteiger partial charge in [0.25, 0.3) is 0 Å². The van der Waals surface area contributed by atoms with Crippen molar-refractivity contribution < 1.29 is 18.3 Å².